The van der Waals surface area contributed by atoms with Gasteiger partial charge in [-0.05, 0) is 76.9 Å². The zero-order valence-electron chi connectivity index (χ0n) is 20.9. The first-order chi connectivity index (χ1) is 16.9. The molecule has 8 nitrogen and oxygen atoms in total. The summed E-state index contributed by atoms with van der Waals surface area (Å²) in [5, 5.41) is 23.3. The molecule has 0 bridgehead atoms. The van der Waals surface area contributed by atoms with Gasteiger partial charge in [-0.1, -0.05) is 44.2 Å². The molecule has 1 atom stereocenters. The van der Waals surface area contributed by atoms with E-state index in [1.54, 1.807) is 0 Å². The van der Waals surface area contributed by atoms with Crippen molar-refractivity contribution in [2.24, 2.45) is 5.92 Å². The summed E-state index contributed by atoms with van der Waals surface area (Å²) in [4.78, 5) is 18.3. The van der Waals surface area contributed by atoms with Gasteiger partial charge >= 0.3 is 0 Å². The third-order valence-corrected chi connectivity index (χ3v) is 6.54. The molecule has 35 heavy (non-hydrogen) atoms. The fourth-order valence-corrected chi connectivity index (χ4v) is 4.62. The number of fused-ring (bicyclic) bond motifs is 1. The van der Waals surface area contributed by atoms with Crippen LogP contribution >= 0.6 is 0 Å². The van der Waals surface area contributed by atoms with Crippen molar-refractivity contribution in [1.82, 2.24) is 30.1 Å². The van der Waals surface area contributed by atoms with Crippen LogP contribution in [0.5, 0.6) is 0 Å². The fourth-order valence-electron chi connectivity index (χ4n) is 4.62. The molecule has 2 aromatic heterocycles. The molecule has 0 fully saturated rings. The number of nitrogens with one attached hydrogen (secondary N) is 1. The smallest absolute Gasteiger partial charge is 0.252 e. The molecule has 184 valence electrons. The third kappa shape index (κ3) is 5.66. The van der Waals surface area contributed by atoms with E-state index in [0.29, 0.717) is 31.6 Å². The maximum absolute atomic E-state index is 13.0. The molecule has 4 aromatic rings. The largest absolute Gasteiger partial charge is 0.396 e. The SMILES string of the molecule is Cc1cc2cc(CN(CCCO)[C@H](c3nnnn3Cc3ccccc3)C(C)C)c(=O)[nH]c2cc1C. The molecule has 0 aliphatic rings. The van der Waals surface area contributed by atoms with Gasteiger partial charge in [0.1, 0.15) is 0 Å². The maximum Gasteiger partial charge on any atom is 0.252 e. The van der Waals surface area contributed by atoms with Crippen molar-refractivity contribution in [1.29, 1.82) is 0 Å². The molecule has 2 heterocycles. The quantitative estimate of drug-likeness (QED) is 0.363. The fraction of sp³-hybridized carbons (Fsp3) is 0.407. The van der Waals surface area contributed by atoms with Crippen LogP contribution in [-0.4, -0.2) is 48.3 Å². The van der Waals surface area contributed by atoms with Crippen molar-refractivity contribution in [3.63, 3.8) is 0 Å². The molecular formula is C27H34N6O2. The van der Waals surface area contributed by atoms with E-state index in [2.05, 4.69) is 64.4 Å². The minimum atomic E-state index is -0.130. The number of tetrazole rings is 1. The number of H-pyrrole nitrogens is 1. The Morgan fingerprint density at radius 2 is 1.83 bits per heavy atom. The molecule has 0 aliphatic heterocycles. The summed E-state index contributed by atoms with van der Waals surface area (Å²) in [6.45, 7) is 10.1. The number of nitrogens with zero attached hydrogens (tertiary/aromatic N) is 5. The Labute approximate surface area is 205 Å². The number of aliphatic hydroxyl groups is 1. The van der Waals surface area contributed by atoms with Gasteiger partial charge in [-0.3, -0.25) is 9.69 Å². The van der Waals surface area contributed by atoms with E-state index in [1.807, 2.05) is 41.9 Å². The molecule has 0 saturated heterocycles. The van der Waals surface area contributed by atoms with Gasteiger partial charge in [0.2, 0.25) is 0 Å². The summed E-state index contributed by atoms with van der Waals surface area (Å²) in [6, 6.07) is 16.1. The summed E-state index contributed by atoms with van der Waals surface area (Å²) in [6.07, 6.45) is 0.591. The van der Waals surface area contributed by atoms with E-state index in [4.69, 9.17) is 0 Å². The molecule has 0 spiro atoms. The van der Waals surface area contributed by atoms with Gasteiger partial charge < -0.3 is 10.1 Å². The third-order valence-electron chi connectivity index (χ3n) is 6.54. The second-order valence-electron chi connectivity index (χ2n) is 9.56. The summed E-state index contributed by atoms with van der Waals surface area (Å²) in [5.74, 6) is 0.934. The highest BCUT2D eigenvalue weighted by Gasteiger charge is 2.29. The Balaban J connectivity index is 1.70. The van der Waals surface area contributed by atoms with Crippen LogP contribution in [0.15, 0.2) is 53.3 Å². The average molecular weight is 475 g/mol. The van der Waals surface area contributed by atoms with Gasteiger partial charge in [0, 0.05) is 30.8 Å². The van der Waals surface area contributed by atoms with Crippen molar-refractivity contribution in [2.75, 3.05) is 13.2 Å². The van der Waals surface area contributed by atoms with Crippen LogP contribution in [0, 0.1) is 19.8 Å². The lowest BCUT2D eigenvalue weighted by Gasteiger charge is -2.33. The van der Waals surface area contributed by atoms with Gasteiger partial charge in [0.15, 0.2) is 5.82 Å². The first kappa shape index (κ1) is 24.8. The van der Waals surface area contributed by atoms with Crippen LogP contribution in [0.25, 0.3) is 10.9 Å². The van der Waals surface area contributed by atoms with E-state index in [-0.39, 0.29) is 24.1 Å². The Morgan fingerprint density at radius 1 is 1.09 bits per heavy atom. The Morgan fingerprint density at radius 3 is 2.54 bits per heavy atom. The summed E-state index contributed by atoms with van der Waals surface area (Å²) < 4.78 is 1.84. The minimum Gasteiger partial charge on any atom is -0.396 e. The number of aromatic nitrogens is 5. The van der Waals surface area contributed by atoms with Gasteiger partial charge in [0.05, 0.1) is 12.6 Å². The summed E-state index contributed by atoms with van der Waals surface area (Å²) in [5.41, 5.74) is 4.88. The number of hydrogen-bond donors (Lipinski definition) is 2. The van der Waals surface area contributed by atoms with Gasteiger partial charge in [-0.15, -0.1) is 5.10 Å². The maximum atomic E-state index is 13.0. The lowest BCUT2D eigenvalue weighted by Crippen LogP contribution is -2.36. The molecule has 4 rings (SSSR count). The highest BCUT2D eigenvalue weighted by atomic mass is 16.3. The normalized spacial score (nSPS) is 12.7. The second kappa shape index (κ2) is 10.9. The molecule has 0 unspecified atom stereocenters. The lowest BCUT2D eigenvalue weighted by atomic mass is 9.99. The highest BCUT2D eigenvalue weighted by Crippen LogP contribution is 2.29. The number of hydrogen-bond acceptors (Lipinski definition) is 6. The lowest BCUT2D eigenvalue weighted by molar-refractivity contribution is 0.122. The minimum absolute atomic E-state index is 0.0722. The van der Waals surface area contributed by atoms with Gasteiger partial charge in [-0.25, -0.2) is 4.68 Å². The van der Waals surface area contributed by atoms with Gasteiger partial charge in [-0.2, -0.15) is 0 Å². The van der Waals surface area contributed by atoms with Crippen LogP contribution in [-0.2, 0) is 13.1 Å². The van der Waals surface area contributed by atoms with Crippen molar-refractivity contribution < 1.29 is 5.11 Å². The zero-order valence-corrected chi connectivity index (χ0v) is 20.9. The zero-order chi connectivity index (χ0) is 24.9. The number of aryl methyl sites for hydroxylation is 2. The molecular weight excluding hydrogens is 440 g/mol. The van der Waals surface area contributed by atoms with Crippen LogP contribution in [0.3, 0.4) is 0 Å². The monoisotopic (exact) mass is 474 g/mol. The van der Waals surface area contributed by atoms with Crippen LogP contribution in [0.2, 0.25) is 0 Å². The number of benzene rings is 2. The Kier molecular flexibility index (Phi) is 7.73. The molecule has 0 radical (unpaired) electrons. The average Bonchev–Trinajstić information content (AvgIpc) is 3.27. The van der Waals surface area contributed by atoms with Crippen LogP contribution in [0.4, 0.5) is 0 Å². The molecule has 2 N–H and O–H groups in total. The molecule has 2 aromatic carbocycles. The topological polar surface area (TPSA) is 99.9 Å². The van der Waals surface area contributed by atoms with E-state index < -0.39 is 0 Å². The highest BCUT2D eigenvalue weighted by molar-refractivity contribution is 5.80. The van der Waals surface area contributed by atoms with Gasteiger partial charge in [0.25, 0.3) is 5.56 Å². The van der Waals surface area contributed by atoms with Crippen molar-refractivity contribution in [3.8, 4) is 0 Å². The first-order valence-corrected chi connectivity index (χ1v) is 12.2. The molecule has 0 amide bonds. The molecule has 0 saturated carbocycles. The van der Waals surface area contributed by atoms with Crippen molar-refractivity contribution in [2.45, 2.75) is 53.2 Å². The van der Waals surface area contributed by atoms with Crippen LogP contribution in [0.1, 0.15) is 54.4 Å². The standard InChI is InChI=1S/C27H34N6O2/c1-18(2)25(26-29-30-31-33(26)16-21-9-6-5-7-10-21)32(11-8-12-34)17-23-15-22-13-19(3)20(4)14-24(22)28-27(23)35/h5-7,9-10,13-15,18,25,34H,8,11-12,16-17H2,1-4H3,(H,28,35)/t25-/m0/s1. The Hall–Kier alpha value is -3.36. The number of aliphatic hydroxyl groups excluding tert-OH is 1. The van der Waals surface area contributed by atoms with E-state index in [0.717, 1.165) is 27.9 Å². The van der Waals surface area contributed by atoms with Crippen molar-refractivity contribution >= 4 is 10.9 Å². The first-order valence-electron chi connectivity index (χ1n) is 12.2. The Bertz CT molecular complexity index is 1330. The summed E-state index contributed by atoms with van der Waals surface area (Å²) in [7, 11) is 0. The van der Waals surface area contributed by atoms with E-state index in [9.17, 15) is 9.90 Å². The van der Waals surface area contributed by atoms with E-state index in [1.165, 1.54) is 5.56 Å². The number of pyridine rings is 1. The van der Waals surface area contributed by atoms with E-state index >= 15 is 0 Å². The molecule has 0 aliphatic carbocycles. The summed E-state index contributed by atoms with van der Waals surface area (Å²) >= 11 is 0. The predicted octanol–water partition coefficient (Wildman–Crippen LogP) is 3.76. The second-order valence-corrected chi connectivity index (χ2v) is 9.56. The number of aromatic amines is 1. The molecule has 8 heteroatoms. The predicted molar refractivity (Wildman–Crippen MR) is 137 cm³/mol. The number of rotatable bonds is 10. The van der Waals surface area contributed by atoms with Crippen molar-refractivity contribution in [3.05, 3.63) is 87.0 Å². The van der Waals surface area contributed by atoms with Crippen LogP contribution < -0.4 is 5.56 Å².